The summed E-state index contributed by atoms with van der Waals surface area (Å²) in [6.07, 6.45) is 0. The van der Waals surface area contributed by atoms with Crippen LogP contribution in [0.15, 0.2) is 18.2 Å². The molecule has 0 heterocycles. The molecular weight excluding hydrogens is 209 g/mol. The second kappa shape index (κ2) is 5.61. The number of esters is 1. The Kier molecular flexibility index (Phi) is 4.43. The summed E-state index contributed by atoms with van der Waals surface area (Å²) >= 11 is 0. The molecule has 1 aromatic carbocycles. The van der Waals surface area contributed by atoms with E-state index in [9.17, 15) is 9.18 Å². The lowest BCUT2D eigenvalue weighted by Crippen LogP contribution is -2.34. The van der Waals surface area contributed by atoms with Gasteiger partial charge < -0.3 is 10.1 Å². The van der Waals surface area contributed by atoms with Crippen LogP contribution in [0.25, 0.3) is 0 Å². The fourth-order valence-electron chi connectivity index (χ4n) is 1.38. The van der Waals surface area contributed by atoms with Gasteiger partial charge in [-0.25, -0.2) is 4.39 Å². The predicted octanol–water partition coefficient (Wildman–Crippen LogP) is 1.79. The number of carbonyl (C=O) groups is 1. The minimum Gasteiger partial charge on any atom is -0.468 e. The molecule has 0 aromatic heterocycles. The van der Waals surface area contributed by atoms with Crippen LogP contribution >= 0.6 is 0 Å². The topological polar surface area (TPSA) is 38.3 Å². The van der Waals surface area contributed by atoms with E-state index < -0.39 is 0 Å². The monoisotopic (exact) mass is 225 g/mol. The molecule has 0 unspecified atom stereocenters. The molecule has 0 saturated heterocycles. The van der Waals surface area contributed by atoms with E-state index in [0.717, 1.165) is 11.1 Å². The van der Waals surface area contributed by atoms with Gasteiger partial charge >= 0.3 is 5.97 Å². The highest BCUT2D eigenvalue weighted by atomic mass is 19.1. The Balaban J connectivity index is 2.58. The Morgan fingerprint density at radius 2 is 2.25 bits per heavy atom. The third-order valence-electron chi connectivity index (χ3n) is 2.46. The zero-order chi connectivity index (χ0) is 12.1. The van der Waals surface area contributed by atoms with Crippen molar-refractivity contribution in [2.24, 2.45) is 0 Å². The number of ether oxygens (including phenoxy) is 1. The summed E-state index contributed by atoms with van der Waals surface area (Å²) in [6.45, 7) is 4.08. The van der Waals surface area contributed by atoms with Crippen molar-refractivity contribution in [2.45, 2.75) is 26.4 Å². The Hall–Kier alpha value is -1.42. The molecule has 4 heteroatoms. The summed E-state index contributed by atoms with van der Waals surface area (Å²) in [5.74, 6) is -0.554. The van der Waals surface area contributed by atoms with Crippen LogP contribution in [0.4, 0.5) is 4.39 Å². The lowest BCUT2D eigenvalue weighted by Gasteiger charge is -2.12. The molecule has 3 nitrogen and oxygen atoms in total. The molecule has 0 amide bonds. The van der Waals surface area contributed by atoms with Crippen LogP contribution < -0.4 is 5.32 Å². The van der Waals surface area contributed by atoms with Crippen LogP contribution in [0.5, 0.6) is 0 Å². The Bertz CT molecular complexity index is 379. The van der Waals surface area contributed by atoms with Crippen LogP contribution in [-0.2, 0) is 16.1 Å². The van der Waals surface area contributed by atoms with E-state index in [-0.39, 0.29) is 17.8 Å². The Morgan fingerprint density at radius 3 is 2.81 bits per heavy atom. The van der Waals surface area contributed by atoms with Gasteiger partial charge in [0.05, 0.1) is 7.11 Å². The maximum Gasteiger partial charge on any atom is 0.322 e. The van der Waals surface area contributed by atoms with E-state index >= 15 is 0 Å². The quantitative estimate of drug-likeness (QED) is 0.794. The van der Waals surface area contributed by atoms with E-state index in [1.165, 1.54) is 19.2 Å². The van der Waals surface area contributed by atoms with Crippen molar-refractivity contribution in [1.29, 1.82) is 0 Å². The fraction of sp³-hybridized carbons (Fsp3) is 0.417. The van der Waals surface area contributed by atoms with Crippen LogP contribution in [-0.4, -0.2) is 19.1 Å². The average Bonchev–Trinajstić information content (AvgIpc) is 2.26. The van der Waals surface area contributed by atoms with Gasteiger partial charge in [-0.3, -0.25) is 4.79 Å². The van der Waals surface area contributed by atoms with Gasteiger partial charge in [0.1, 0.15) is 11.9 Å². The van der Waals surface area contributed by atoms with Gasteiger partial charge in [-0.15, -0.1) is 0 Å². The van der Waals surface area contributed by atoms with Crippen molar-refractivity contribution in [1.82, 2.24) is 5.32 Å². The largest absolute Gasteiger partial charge is 0.468 e. The highest BCUT2D eigenvalue weighted by Crippen LogP contribution is 2.09. The summed E-state index contributed by atoms with van der Waals surface area (Å²) in [4.78, 5) is 11.1. The number of benzene rings is 1. The molecule has 0 saturated carbocycles. The van der Waals surface area contributed by atoms with Gasteiger partial charge in [0.15, 0.2) is 0 Å². The second-order valence-electron chi connectivity index (χ2n) is 3.70. The summed E-state index contributed by atoms with van der Waals surface area (Å²) in [5.41, 5.74) is 1.83. The molecule has 0 aliphatic carbocycles. The minimum atomic E-state index is -0.366. The SMILES string of the molecule is COC(=O)[C@H](C)NCc1ccc(F)cc1C. The molecule has 0 spiro atoms. The van der Waals surface area contributed by atoms with Crippen LogP contribution in [0.1, 0.15) is 18.1 Å². The maximum absolute atomic E-state index is 12.8. The van der Waals surface area contributed by atoms with E-state index in [1.807, 2.05) is 6.92 Å². The first-order valence-corrected chi connectivity index (χ1v) is 5.11. The van der Waals surface area contributed by atoms with Gasteiger partial charge in [0.25, 0.3) is 0 Å². The lowest BCUT2D eigenvalue weighted by molar-refractivity contribution is -0.142. The molecule has 1 aromatic rings. The van der Waals surface area contributed by atoms with E-state index in [1.54, 1.807) is 13.0 Å². The molecule has 0 radical (unpaired) electrons. The van der Waals surface area contributed by atoms with Crippen molar-refractivity contribution >= 4 is 5.97 Å². The summed E-state index contributed by atoms with van der Waals surface area (Å²) in [7, 11) is 1.35. The molecule has 1 atom stereocenters. The Morgan fingerprint density at radius 1 is 1.56 bits per heavy atom. The van der Waals surface area contributed by atoms with Crippen molar-refractivity contribution in [3.63, 3.8) is 0 Å². The molecule has 16 heavy (non-hydrogen) atoms. The van der Waals surface area contributed by atoms with Gasteiger partial charge in [-0.05, 0) is 37.1 Å². The van der Waals surface area contributed by atoms with Gasteiger partial charge in [0, 0.05) is 6.54 Å². The number of methoxy groups -OCH3 is 1. The predicted molar refractivity (Wildman–Crippen MR) is 59.5 cm³/mol. The van der Waals surface area contributed by atoms with Crippen molar-refractivity contribution in [2.75, 3.05) is 7.11 Å². The second-order valence-corrected chi connectivity index (χ2v) is 3.70. The first kappa shape index (κ1) is 12.6. The standard InChI is InChI=1S/C12H16FNO2/c1-8-6-11(13)5-4-10(8)7-14-9(2)12(15)16-3/h4-6,9,14H,7H2,1-3H3/t9-/m0/s1. The van der Waals surface area contributed by atoms with Gasteiger partial charge in [-0.1, -0.05) is 6.07 Å². The number of hydrogen-bond donors (Lipinski definition) is 1. The van der Waals surface area contributed by atoms with Crippen LogP contribution in [0, 0.1) is 12.7 Å². The lowest BCUT2D eigenvalue weighted by atomic mass is 10.1. The van der Waals surface area contributed by atoms with Crippen LogP contribution in [0.3, 0.4) is 0 Å². The van der Waals surface area contributed by atoms with E-state index in [4.69, 9.17) is 0 Å². The number of rotatable bonds is 4. The minimum absolute atomic E-state index is 0.248. The first-order valence-electron chi connectivity index (χ1n) is 5.11. The molecule has 1 N–H and O–H groups in total. The fourth-order valence-corrected chi connectivity index (χ4v) is 1.38. The van der Waals surface area contributed by atoms with Crippen LogP contribution in [0.2, 0.25) is 0 Å². The number of aryl methyl sites for hydroxylation is 1. The molecule has 1 rings (SSSR count). The molecule has 0 aliphatic heterocycles. The van der Waals surface area contributed by atoms with E-state index in [2.05, 4.69) is 10.1 Å². The van der Waals surface area contributed by atoms with Crippen molar-refractivity contribution < 1.29 is 13.9 Å². The van der Waals surface area contributed by atoms with E-state index in [0.29, 0.717) is 6.54 Å². The third-order valence-corrected chi connectivity index (χ3v) is 2.46. The van der Waals surface area contributed by atoms with Gasteiger partial charge in [-0.2, -0.15) is 0 Å². The molecule has 0 fully saturated rings. The zero-order valence-corrected chi connectivity index (χ0v) is 9.71. The number of nitrogens with one attached hydrogen (secondary N) is 1. The number of carbonyl (C=O) groups excluding carboxylic acids is 1. The summed E-state index contributed by atoms with van der Waals surface area (Å²) in [5, 5.41) is 3.01. The summed E-state index contributed by atoms with van der Waals surface area (Å²) < 4.78 is 17.4. The average molecular weight is 225 g/mol. The zero-order valence-electron chi connectivity index (χ0n) is 9.71. The highest BCUT2D eigenvalue weighted by molar-refractivity contribution is 5.75. The highest BCUT2D eigenvalue weighted by Gasteiger charge is 2.12. The smallest absolute Gasteiger partial charge is 0.322 e. The Labute approximate surface area is 94.6 Å². The van der Waals surface area contributed by atoms with Gasteiger partial charge in [0.2, 0.25) is 0 Å². The first-order chi connectivity index (χ1) is 7.54. The maximum atomic E-state index is 12.8. The molecular formula is C12H16FNO2. The summed E-state index contributed by atoms with van der Waals surface area (Å²) in [6, 6.07) is 4.23. The molecule has 0 bridgehead atoms. The third kappa shape index (κ3) is 3.31. The number of halogens is 1. The number of hydrogen-bond acceptors (Lipinski definition) is 3. The molecule has 88 valence electrons. The molecule has 0 aliphatic rings. The van der Waals surface area contributed by atoms with Crippen molar-refractivity contribution in [3.05, 3.63) is 35.1 Å². The van der Waals surface area contributed by atoms with Crippen molar-refractivity contribution in [3.8, 4) is 0 Å². The normalized spacial score (nSPS) is 12.2.